The highest BCUT2D eigenvalue weighted by Crippen LogP contribution is 2.22. The third-order valence-corrected chi connectivity index (χ3v) is 2.48. The van der Waals surface area contributed by atoms with E-state index in [4.69, 9.17) is 4.74 Å². The molecule has 2 aromatic rings. The predicted molar refractivity (Wildman–Crippen MR) is 63.1 cm³/mol. The summed E-state index contributed by atoms with van der Waals surface area (Å²) in [6.45, 7) is 2.67. The van der Waals surface area contributed by atoms with Crippen LogP contribution in [0.25, 0.3) is 0 Å². The number of hydrogen-bond acceptors (Lipinski definition) is 5. The summed E-state index contributed by atoms with van der Waals surface area (Å²) in [5.41, 5.74) is -0.580. The molecule has 0 aliphatic carbocycles. The number of halogens is 1. The lowest BCUT2D eigenvalue weighted by atomic mass is 10.3. The molecule has 19 heavy (non-hydrogen) atoms. The van der Waals surface area contributed by atoms with Gasteiger partial charge < -0.3 is 4.74 Å². The Kier molecular flexibility index (Phi) is 3.69. The van der Waals surface area contributed by atoms with Crippen molar-refractivity contribution in [3.8, 4) is 5.75 Å². The zero-order valence-corrected chi connectivity index (χ0v) is 10.1. The number of nitrogens with zero attached hydrogens (tertiary/aromatic N) is 4. The van der Waals surface area contributed by atoms with Crippen LogP contribution < -0.4 is 4.74 Å². The number of rotatable bonds is 5. The molecule has 0 amide bonds. The van der Waals surface area contributed by atoms with Crippen LogP contribution >= 0.6 is 0 Å². The molecule has 0 aliphatic rings. The molecule has 0 saturated heterocycles. The molecule has 7 nitrogen and oxygen atoms in total. The van der Waals surface area contributed by atoms with E-state index in [-0.39, 0.29) is 12.4 Å². The lowest BCUT2D eigenvalue weighted by Crippen LogP contribution is -2.07. The van der Waals surface area contributed by atoms with Crippen molar-refractivity contribution in [1.29, 1.82) is 0 Å². The fourth-order valence-corrected chi connectivity index (χ4v) is 1.54. The summed E-state index contributed by atoms with van der Waals surface area (Å²) in [6.07, 6.45) is 1.40. The molecule has 0 N–H and O–H groups in total. The smallest absolute Gasteiger partial charge is 0.305 e. The van der Waals surface area contributed by atoms with Gasteiger partial charge in [0, 0.05) is 18.7 Å². The molecule has 0 fully saturated rings. The van der Waals surface area contributed by atoms with Crippen molar-refractivity contribution in [2.75, 3.05) is 0 Å². The SMILES string of the molecule is CCn1ncnc1COc1ccc([N+](=O)[O-])c(F)c1. The summed E-state index contributed by atoms with van der Waals surface area (Å²) >= 11 is 0. The van der Waals surface area contributed by atoms with Crippen LogP contribution in [0.1, 0.15) is 12.7 Å². The van der Waals surface area contributed by atoms with Crippen LogP contribution in [-0.2, 0) is 13.2 Å². The fraction of sp³-hybridized carbons (Fsp3) is 0.273. The van der Waals surface area contributed by atoms with Gasteiger partial charge in [-0.2, -0.15) is 9.49 Å². The Morgan fingerprint density at radius 2 is 2.32 bits per heavy atom. The maximum Gasteiger partial charge on any atom is 0.305 e. The van der Waals surface area contributed by atoms with Crippen LogP contribution in [0.4, 0.5) is 10.1 Å². The highest BCUT2D eigenvalue weighted by atomic mass is 19.1. The zero-order valence-electron chi connectivity index (χ0n) is 10.1. The molecule has 8 heteroatoms. The third-order valence-electron chi connectivity index (χ3n) is 2.48. The summed E-state index contributed by atoms with van der Waals surface area (Å²) in [7, 11) is 0. The van der Waals surface area contributed by atoms with E-state index in [0.717, 1.165) is 12.1 Å². The van der Waals surface area contributed by atoms with Crippen molar-refractivity contribution in [2.24, 2.45) is 0 Å². The average Bonchev–Trinajstić information content (AvgIpc) is 2.83. The van der Waals surface area contributed by atoms with Crippen LogP contribution in [0.5, 0.6) is 5.75 Å². The Morgan fingerprint density at radius 3 is 2.95 bits per heavy atom. The van der Waals surface area contributed by atoms with Gasteiger partial charge in [-0.1, -0.05) is 0 Å². The van der Waals surface area contributed by atoms with Crippen LogP contribution in [0.2, 0.25) is 0 Å². The zero-order chi connectivity index (χ0) is 13.8. The van der Waals surface area contributed by atoms with Crippen LogP contribution in [0.3, 0.4) is 0 Å². The highest BCUT2D eigenvalue weighted by molar-refractivity contribution is 5.37. The third kappa shape index (κ3) is 2.84. The number of hydrogen-bond donors (Lipinski definition) is 0. The predicted octanol–water partition coefficient (Wildman–Crippen LogP) is 1.92. The molecule has 1 aromatic carbocycles. The van der Waals surface area contributed by atoms with E-state index >= 15 is 0 Å². The van der Waals surface area contributed by atoms with Crippen molar-refractivity contribution in [1.82, 2.24) is 14.8 Å². The first kappa shape index (κ1) is 12.9. The van der Waals surface area contributed by atoms with Crippen LogP contribution in [0, 0.1) is 15.9 Å². The molecule has 0 aliphatic heterocycles. The fourth-order valence-electron chi connectivity index (χ4n) is 1.54. The summed E-state index contributed by atoms with van der Waals surface area (Å²) in [4.78, 5) is 13.7. The van der Waals surface area contributed by atoms with Gasteiger partial charge in [0.15, 0.2) is 5.82 Å². The van der Waals surface area contributed by atoms with Gasteiger partial charge >= 0.3 is 5.69 Å². The maximum atomic E-state index is 13.4. The lowest BCUT2D eigenvalue weighted by Gasteiger charge is -2.06. The second-order valence-corrected chi connectivity index (χ2v) is 3.65. The summed E-state index contributed by atoms with van der Waals surface area (Å²) in [6, 6.07) is 3.38. The highest BCUT2D eigenvalue weighted by Gasteiger charge is 2.14. The standard InChI is InChI=1S/C11H11FN4O3/c1-2-15-11(13-7-14-15)6-19-8-3-4-10(16(17)18)9(12)5-8/h3-5,7H,2,6H2,1H3. The van der Waals surface area contributed by atoms with Crippen molar-refractivity contribution in [3.63, 3.8) is 0 Å². The second kappa shape index (κ2) is 5.42. The van der Waals surface area contributed by atoms with Crippen molar-refractivity contribution < 1.29 is 14.1 Å². The van der Waals surface area contributed by atoms with Gasteiger partial charge in [0.1, 0.15) is 18.7 Å². The molecular weight excluding hydrogens is 255 g/mol. The minimum absolute atomic E-state index is 0.116. The lowest BCUT2D eigenvalue weighted by molar-refractivity contribution is -0.387. The topological polar surface area (TPSA) is 83.1 Å². The summed E-state index contributed by atoms with van der Waals surface area (Å²) in [5, 5.41) is 14.4. The van der Waals surface area contributed by atoms with E-state index in [1.165, 1.54) is 12.4 Å². The van der Waals surface area contributed by atoms with E-state index < -0.39 is 16.4 Å². The number of benzene rings is 1. The van der Waals surface area contributed by atoms with Gasteiger partial charge in [-0.05, 0) is 13.0 Å². The molecule has 1 heterocycles. The molecular formula is C11H11FN4O3. The molecule has 2 rings (SSSR count). The van der Waals surface area contributed by atoms with Gasteiger partial charge in [-0.25, -0.2) is 9.67 Å². The maximum absolute atomic E-state index is 13.4. The Bertz CT molecular complexity index is 599. The first-order valence-corrected chi connectivity index (χ1v) is 5.55. The number of nitro benzene ring substituents is 1. The summed E-state index contributed by atoms with van der Waals surface area (Å²) in [5.74, 6) is -0.130. The first-order chi connectivity index (χ1) is 9.11. The Balaban J connectivity index is 2.08. The number of ether oxygens (including phenoxy) is 1. The summed E-state index contributed by atoms with van der Waals surface area (Å²) < 4.78 is 20.3. The van der Waals surface area contributed by atoms with E-state index in [1.807, 2.05) is 6.92 Å². The number of aryl methyl sites for hydroxylation is 1. The molecule has 0 unspecified atom stereocenters. The normalized spacial score (nSPS) is 10.4. The van der Waals surface area contributed by atoms with Gasteiger partial charge in [0.05, 0.1) is 4.92 Å². The second-order valence-electron chi connectivity index (χ2n) is 3.65. The van der Waals surface area contributed by atoms with E-state index in [2.05, 4.69) is 10.1 Å². The Hall–Kier alpha value is -2.51. The van der Waals surface area contributed by atoms with E-state index in [0.29, 0.717) is 12.4 Å². The number of aromatic nitrogens is 3. The molecule has 0 saturated carbocycles. The van der Waals surface area contributed by atoms with Crippen LogP contribution in [0.15, 0.2) is 24.5 Å². The average molecular weight is 266 g/mol. The Morgan fingerprint density at radius 1 is 1.53 bits per heavy atom. The molecule has 0 bridgehead atoms. The quantitative estimate of drug-likeness (QED) is 0.610. The van der Waals surface area contributed by atoms with Gasteiger partial charge in [0.2, 0.25) is 5.82 Å². The monoisotopic (exact) mass is 266 g/mol. The van der Waals surface area contributed by atoms with E-state index in [9.17, 15) is 14.5 Å². The minimum Gasteiger partial charge on any atom is -0.486 e. The van der Waals surface area contributed by atoms with Crippen molar-refractivity contribution >= 4 is 5.69 Å². The molecule has 0 atom stereocenters. The molecule has 1 aromatic heterocycles. The largest absolute Gasteiger partial charge is 0.486 e. The van der Waals surface area contributed by atoms with Gasteiger partial charge in [-0.3, -0.25) is 10.1 Å². The van der Waals surface area contributed by atoms with Crippen molar-refractivity contribution in [3.05, 3.63) is 46.3 Å². The first-order valence-electron chi connectivity index (χ1n) is 5.55. The van der Waals surface area contributed by atoms with E-state index in [1.54, 1.807) is 4.68 Å². The van der Waals surface area contributed by atoms with Crippen LogP contribution in [-0.4, -0.2) is 19.7 Å². The van der Waals surface area contributed by atoms with Crippen molar-refractivity contribution in [2.45, 2.75) is 20.1 Å². The number of nitro groups is 1. The Labute approximate surface area is 107 Å². The molecule has 100 valence electrons. The molecule has 0 radical (unpaired) electrons. The van der Waals surface area contributed by atoms with Gasteiger partial charge in [-0.15, -0.1) is 0 Å². The minimum atomic E-state index is -0.931. The van der Waals surface area contributed by atoms with Gasteiger partial charge in [0.25, 0.3) is 0 Å². The molecule has 0 spiro atoms.